The summed E-state index contributed by atoms with van der Waals surface area (Å²) in [6, 6.07) is 7.78. The van der Waals surface area contributed by atoms with Crippen molar-refractivity contribution < 1.29 is 14.3 Å². The molecule has 6 heteroatoms. The molecule has 1 aromatic carbocycles. The van der Waals surface area contributed by atoms with Crippen LogP contribution in [0.5, 0.6) is 5.75 Å². The molecule has 2 heterocycles. The quantitative estimate of drug-likeness (QED) is 0.874. The number of rotatable bonds is 2. The van der Waals surface area contributed by atoms with Crippen LogP contribution < -0.4 is 15.4 Å². The fourth-order valence-electron chi connectivity index (χ4n) is 3.30. The van der Waals surface area contributed by atoms with Gasteiger partial charge in [-0.3, -0.25) is 4.79 Å². The Hall–Kier alpha value is -2.24. The minimum atomic E-state index is -0.0678. The first-order valence-corrected chi connectivity index (χ1v) is 8.18. The number of piperidine rings is 1. The second-order valence-corrected chi connectivity index (χ2v) is 6.16. The van der Waals surface area contributed by atoms with Gasteiger partial charge in [0.25, 0.3) is 0 Å². The summed E-state index contributed by atoms with van der Waals surface area (Å²) in [5.41, 5.74) is 1.03. The van der Waals surface area contributed by atoms with Crippen LogP contribution in [-0.4, -0.2) is 42.6 Å². The van der Waals surface area contributed by atoms with E-state index in [1.54, 1.807) is 4.90 Å². The van der Waals surface area contributed by atoms with Crippen molar-refractivity contribution >= 4 is 11.9 Å². The highest BCUT2D eigenvalue weighted by Crippen LogP contribution is 2.31. The van der Waals surface area contributed by atoms with Crippen LogP contribution in [0.4, 0.5) is 4.79 Å². The highest BCUT2D eigenvalue weighted by molar-refractivity contribution is 5.76. The van der Waals surface area contributed by atoms with Gasteiger partial charge in [-0.05, 0) is 18.9 Å². The fourth-order valence-corrected chi connectivity index (χ4v) is 3.30. The fraction of sp³-hybridized carbons (Fsp3) is 0.529. The van der Waals surface area contributed by atoms with Crippen molar-refractivity contribution in [3.63, 3.8) is 0 Å². The number of nitrogens with one attached hydrogen (secondary N) is 2. The molecule has 3 amide bonds. The number of carbonyl (C=O) groups excluding carboxylic acids is 2. The smallest absolute Gasteiger partial charge is 0.317 e. The van der Waals surface area contributed by atoms with Crippen molar-refractivity contribution in [2.24, 2.45) is 0 Å². The predicted octanol–water partition coefficient (Wildman–Crippen LogP) is 1.82. The Balaban J connectivity index is 1.62. The molecule has 0 bridgehead atoms. The van der Waals surface area contributed by atoms with Crippen LogP contribution in [0.3, 0.4) is 0 Å². The van der Waals surface area contributed by atoms with E-state index >= 15 is 0 Å². The lowest BCUT2D eigenvalue weighted by atomic mass is 10.0. The maximum Gasteiger partial charge on any atom is 0.317 e. The zero-order valence-corrected chi connectivity index (χ0v) is 13.4. The Morgan fingerprint density at radius 1 is 1.22 bits per heavy atom. The minimum absolute atomic E-state index is 0.0198. The molecule has 0 saturated carbocycles. The molecular weight excluding hydrogens is 294 g/mol. The molecule has 124 valence electrons. The Morgan fingerprint density at radius 3 is 2.87 bits per heavy atom. The first-order chi connectivity index (χ1) is 11.1. The third kappa shape index (κ3) is 3.75. The number of nitrogens with zero attached hydrogens (tertiary/aromatic N) is 1. The lowest BCUT2D eigenvalue weighted by molar-refractivity contribution is -0.119. The Kier molecular flexibility index (Phi) is 4.69. The van der Waals surface area contributed by atoms with Gasteiger partial charge in [-0.25, -0.2) is 4.79 Å². The summed E-state index contributed by atoms with van der Waals surface area (Å²) in [6.07, 6.45) is 2.60. The molecule has 0 spiro atoms. The summed E-state index contributed by atoms with van der Waals surface area (Å²) < 4.78 is 5.63. The largest absolute Gasteiger partial charge is 0.493 e. The van der Waals surface area contributed by atoms with Crippen molar-refractivity contribution in [2.75, 3.05) is 19.7 Å². The van der Waals surface area contributed by atoms with Gasteiger partial charge in [0.2, 0.25) is 5.91 Å². The summed E-state index contributed by atoms with van der Waals surface area (Å²) in [4.78, 5) is 25.6. The van der Waals surface area contributed by atoms with Gasteiger partial charge in [-0.15, -0.1) is 0 Å². The van der Waals surface area contributed by atoms with Crippen LogP contribution in [0.1, 0.15) is 37.8 Å². The molecule has 1 fully saturated rings. The summed E-state index contributed by atoms with van der Waals surface area (Å²) in [6.45, 7) is 3.41. The average molecular weight is 317 g/mol. The Morgan fingerprint density at radius 2 is 2.04 bits per heavy atom. The van der Waals surface area contributed by atoms with Gasteiger partial charge in [0.15, 0.2) is 0 Å². The van der Waals surface area contributed by atoms with E-state index in [-0.39, 0.29) is 24.0 Å². The molecule has 0 aromatic heterocycles. The molecule has 3 rings (SSSR count). The number of para-hydroxylation sites is 1. The molecule has 1 aromatic rings. The van der Waals surface area contributed by atoms with Crippen LogP contribution in [0.15, 0.2) is 24.3 Å². The number of amides is 3. The maximum absolute atomic E-state index is 12.6. The van der Waals surface area contributed by atoms with Crippen molar-refractivity contribution in [3.8, 4) is 5.75 Å². The Labute approximate surface area is 136 Å². The number of fused-ring (bicyclic) bond motifs is 1. The summed E-state index contributed by atoms with van der Waals surface area (Å²) in [7, 11) is 0. The molecule has 0 radical (unpaired) electrons. The standard InChI is InChI=1S/C17H23N3O3/c1-12(21)18-13-5-4-9-20(11-13)17(22)19-15-8-10-23-16-7-3-2-6-14(15)16/h2-3,6-7,13,15H,4-5,8-11H2,1H3,(H,18,21)(H,19,22)/t13-,15-/m0/s1. The van der Waals surface area contributed by atoms with E-state index in [9.17, 15) is 9.59 Å². The van der Waals surface area contributed by atoms with E-state index in [0.717, 1.165) is 37.1 Å². The second kappa shape index (κ2) is 6.89. The number of urea groups is 1. The number of benzene rings is 1. The van der Waals surface area contributed by atoms with E-state index in [4.69, 9.17) is 4.74 Å². The molecule has 23 heavy (non-hydrogen) atoms. The third-order valence-corrected chi connectivity index (χ3v) is 4.37. The third-order valence-electron chi connectivity index (χ3n) is 4.37. The van der Waals surface area contributed by atoms with Crippen LogP contribution >= 0.6 is 0 Å². The highest BCUT2D eigenvalue weighted by atomic mass is 16.5. The summed E-state index contributed by atoms with van der Waals surface area (Å²) in [5, 5.41) is 6.02. The molecule has 0 aliphatic carbocycles. The first kappa shape index (κ1) is 15.6. The van der Waals surface area contributed by atoms with E-state index < -0.39 is 0 Å². The van der Waals surface area contributed by atoms with Gasteiger partial charge < -0.3 is 20.3 Å². The maximum atomic E-state index is 12.6. The zero-order chi connectivity index (χ0) is 16.2. The average Bonchev–Trinajstić information content (AvgIpc) is 2.55. The van der Waals surface area contributed by atoms with Crippen LogP contribution in [0.2, 0.25) is 0 Å². The van der Waals surface area contributed by atoms with Gasteiger partial charge >= 0.3 is 6.03 Å². The first-order valence-electron chi connectivity index (χ1n) is 8.18. The van der Waals surface area contributed by atoms with Crippen LogP contribution in [-0.2, 0) is 4.79 Å². The monoisotopic (exact) mass is 317 g/mol. The molecular formula is C17H23N3O3. The normalized spacial score (nSPS) is 23.4. The van der Waals surface area contributed by atoms with E-state index in [1.807, 2.05) is 24.3 Å². The topological polar surface area (TPSA) is 70.7 Å². The predicted molar refractivity (Wildman–Crippen MR) is 86.2 cm³/mol. The number of ether oxygens (including phenoxy) is 1. The van der Waals surface area contributed by atoms with Crippen LogP contribution in [0.25, 0.3) is 0 Å². The number of hydrogen-bond acceptors (Lipinski definition) is 3. The van der Waals surface area contributed by atoms with Crippen LogP contribution in [0, 0.1) is 0 Å². The van der Waals surface area contributed by atoms with Gasteiger partial charge in [0, 0.05) is 38.0 Å². The lowest BCUT2D eigenvalue weighted by Crippen LogP contribution is -2.52. The van der Waals surface area contributed by atoms with Crippen molar-refractivity contribution in [1.29, 1.82) is 0 Å². The molecule has 1 saturated heterocycles. The van der Waals surface area contributed by atoms with Gasteiger partial charge in [0.1, 0.15) is 5.75 Å². The van der Waals surface area contributed by atoms with E-state index in [2.05, 4.69) is 10.6 Å². The molecule has 2 atom stereocenters. The van der Waals surface area contributed by atoms with Gasteiger partial charge in [-0.1, -0.05) is 18.2 Å². The molecule has 2 aliphatic heterocycles. The zero-order valence-electron chi connectivity index (χ0n) is 13.4. The number of hydrogen-bond donors (Lipinski definition) is 2. The van der Waals surface area contributed by atoms with Crippen molar-refractivity contribution in [3.05, 3.63) is 29.8 Å². The van der Waals surface area contributed by atoms with E-state index in [1.165, 1.54) is 6.92 Å². The molecule has 0 unspecified atom stereocenters. The Bertz CT molecular complexity index is 590. The van der Waals surface area contributed by atoms with E-state index in [0.29, 0.717) is 13.2 Å². The molecule has 2 aliphatic rings. The van der Waals surface area contributed by atoms with Crippen molar-refractivity contribution in [2.45, 2.75) is 38.3 Å². The SMILES string of the molecule is CC(=O)N[C@H]1CCCN(C(=O)N[C@H]2CCOc3ccccc32)C1. The van der Waals surface area contributed by atoms with Crippen molar-refractivity contribution in [1.82, 2.24) is 15.5 Å². The second-order valence-electron chi connectivity index (χ2n) is 6.16. The molecule has 2 N–H and O–H groups in total. The highest BCUT2D eigenvalue weighted by Gasteiger charge is 2.28. The number of carbonyl (C=O) groups is 2. The minimum Gasteiger partial charge on any atom is -0.493 e. The van der Waals surface area contributed by atoms with Gasteiger partial charge in [0.05, 0.1) is 12.6 Å². The summed E-state index contributed by atoms with van der Waals surface area (Å²) in [5.74, 6) is 0.800. The molecule has 6 nitrogen and oxygen atoms in total. The lowest BCUT2D eigenvalue weighted by Gasteiger charge is -2.35. The number of likely N-dealkylation sites (tertiary alicyclic amines) is 1. The van der Waals surface area contributed by atoms with Gasteiger partial charge in [-0.2, -0.15) is 0 Å². The summed E-state index contributed by atoms with van der Waals surface area (Å²) >= 11 is 0.